The molecular weight excluding hydrogens is 389 g/mol. The van der Waals surface area contributed by atoms with Crippen molar-refractivity contribution in [2.45, 2.75) is 26.4 Å². The third kappa shape index (κ3) is 6.10. The fraction of sp³-hybridized carbons (Fsp3) is 0.273. The second kappa shape index (κ2) is 9.62. The van der Waals surface area contributed by atoms with Gasteiger partial charge in [-0.2, -0.15) is 0 Å². The predicted octanol–water partition coefficient (Wildman–Crippen LogP) is 4.41. The molecule has 3 rings (SSSR count). The number of aromatic nitrogens is 1. The van der Waals surface area contributed by atoms with Crippen LogP contribution in [-0.4, -0.2) is 29.9 Å². The number of hydrogen-bond donors (Lipinski definition) is 1. The molecule has 1 heterocycles. The second-order valence-electron chi connectivity index (χ2n) is 6.96. The molecule has 0 atom stereocenters. The number of nitrogens with zero attached hydrogens (tertiary/aromatic N) is 2. The summed E-state index contributed by atoms with van der Waals surface area (Å²) in [7, 11) is 3.40. The molecule has 29 heavy (non-hydrogen) atoms. The first kappa shape index (κ1) is 21.0. The number of methoxy groups -OCH3 is 1. The van der Waals surface area contributed by atoms with Crippen molar-refractivity contribution in [2.75, 3.05) is 19.5 Å². The molecule has 0 aliphatic heterocycles. The van der Waals surface area contributed by atoms with Crippen LogP contribution in [0.5, 0.6) is 5.75 Å². The molecule has 3 aromatic rings. The Hall–Kier alpha value is -2.77. The summed E-state index contributed by atoms with van der Waals surface area (Å²) >= 11 is 1.47. The molecule has 0 aliphatic rings. The van der Waals surface area contributed by atoms with Crippen molar-refractivity contribution in [3.8, 4) is 5.75 Å². The lowest BCUT2D eigenvalue weighted by molar-refractivity contribution is -0.115. The van der Waals surface area contributed by atoms with Crippen molar-refractivity contribution < 1.29 is 13.9 Å². The number of nitrogens with one attached hydrogen (secondary N) is 1. The standard InChI is InChI=1S/C22H24FN3O2S/c1-15-4-7-17(8-5-15)24-21(27)11-22-25-18(14-29-22)13-26(2)12-16-6-9-20(28-3)19(23)10-16/h4-10,14H,11-13H2,1-3H3,(H,24,27). The average molecular weight is 414 g/mol. The number of benzene rings is 2. The van der Waals surface area contributed by atoms with Gasteiger partial charge >= 0.3 is 0 Å². The van der Waals surface area contributed by atoms with E-state index in [1.165, 1.54) is 24.5 Å². The Morgan fingerprint density at radius 1 is 1.21 bits per heavy atom. The van der Waals surface area contributed by atoms with Crippen LogP contribution < -0.4 is 10.1 Å². The molecule has 0 saturated heterocycles. The van der Waals surface area contributed by atoms with Gasteiger partial charge in [-0.1, -0.05) is 23.8 Å². The molecule has 0 saturated carbocycles. The average Bonchev–Trinajstić information content (AvgIpc) is 3.10. The molecule has 0 bridgehead atoms. The zero-order valence-electron chi connectivity index (χ0n) is 16.7. The molecule has 0 unspecified atom stereocenters. The molecule has 0 spiro atoms. The van der Waals surface area contributed by atoms with Crippen molar-refractivity contribution in [1.29, 1.82) is 0 Å². The Morgan fingerprint density at radius 2 is 1.97 bits per heavy atom. The van der Waals surface area contributed by atoms with E-state index in [2.05, 4.69) is 10.3 Å². The first-order valence-corrected chi connectivity index (χ1v) is 10.1. The van der Waals surface area contributed by atoms with E-state index in [1.807, 2.05) is 54.6 Å². The van der Waals surface area contributed by atoms with Gasteiger partial charge in [0, 0.05) is 24.2 Å². The first-order valence-electron chi connectivity index (χ1n) is 9.23. The van der Waals surface area contributed by atoms with E-state index in [9.17, 15) is 9.18 Å². The molecule has 0 radical (unpaired) electrons. The van der Waals surface area contributed by atoms with E-state index in [4.69, 9.17) is 4.74 Å². The minimum absolute atomic E-state index is 0.0863. The molecule has 1 aromatic heterocycles. The summed E-state index contributed by atoms with van der Waals surface area (Å²) in [6, 6.07) is 12.7. The van der Waals surface area contributed by atoms with Gasteiger partial charge in [0.05, 0.1) is 19.2 Å². The minimum Gasteiger partial charge on any atom is -0.494 e. The molecule has 1 N–H and O–H groups in total. The molecule has 2 aromatic carbocycles. The maximum atomic E-state index is 13.8. The predicted molar refractivity (Wildman–Crippen MR) is 114 cm³/mol. The Balaban J connectivity index is 1.52. The summed E-state index contributed by atoms with van der Waals surface area (Å²) in [5.41, 5.74) is 3.68. The summed E-state index contributed by atoms with van der Waals surface area (Å²) in [5, 5.41) is 5.62. The normalized spacial score (nSPS) is 10.9. The van der Waals surface area contributed by atoms with Crippen LogP contribution >= 0.6 is 11.3 Å². The van der Waals surface area contributed by atoms with E-state index in [-0.39, 0.29) is 23.9 Å². The minimum atomic E-state index is -0.367. The van der Waals surface area contributed by atoms with E-state index in [0.717, 1.165) is 27.5 Å². The van der Waals surface area contributed by atoms with Gasteiger partial charge in [-0.05, 0) is 43.8 Å². The zero-order valence-corrected chi connectivity index (χ0v) is 17.6. The molecule has 1 amide bonds. The van der Waals surface area contributed by atoms with Crippen LogP contribution in [0.25, 0.3) is 0 Å². The van der Waals surface area contributed by atoms with Crippen molar-refractivity contribution in [1.82, 2.24) is 9.88 Å². The van der Waals surface area contributed by atoms with Crippen LogP contribution in [0.1, 0.15) is 21.8 Å². The van der Waals surface area contributed by atoms with Gasteiger partial charge in [0.1, 0.15) is 5.01 Å². The highest BCUT2D eigenvalue weighted by molar-refractivity contribution is 7.09. The smallest absolute Gasteiger partial charge is 0.231 e. The number of hydrogen-bond acceptors (Lipinski definition) is 5. The molecule has 0 aliphatic carbocycles. The maximum Gasteiger partial charge on any atom is 0.231 e. The highest BCUT2D eigenvalue weighted by Gasteiger charge is 2.11. The Kier molecular flexibility index (Phi) is 6.95. The SMILES string of the molecule is COc1ccc(CN(C)Cc2csc(CC(=O)Nc3ccc(C)cc3)n2)cc1F. The monoisotopic (exact) mass is 413 g/mol. The van der Waals surface area contributed by atoms with Crippen LogP contribution in [0.3, 0.4) is 0 Å². The maximum absolute atomic E-state index is 13.8. The first-order chi connectivity index (χ1) is 13.9. The zero-order chi connectivity index (χ0) is 20.8. The molecule has 0 fully saturated rings. The number of anilines is 1. The van der Waals surface area contributed by atoms with Crippen molar-refractivity contribution in [3.63, 3.8) is 0 Å². The number of carbonyl (C=O) groups excluding carboxylic acids is 1. The van der Waals surface area contributed by atoms with Crippen LogP contribution in [0.15, 0.2) is 47.8 Å². The number of amides is 1. The highest BCUT2D eigenvalue weighted by atomic mass is 32.1. The lowest BCUT2D eigenvalue weighted by Gasteiger charge is -2.15. The summed E-state index contributed by atoms with van der Waals surface area (Å²) in [6.45, 7) is 3.20. The number of carbonyl (C=O) groups is 1. The van der Waals surface area contributed by atoms with Crippen molar-refractivity contribution in [2.24, 2.45) is 0 Å². The van der Waals surface area contributed by atoms with Gasteiger partial charge in [-0.25, -0.2) is 9.37 Å². The van der Waals surface area contributed by atoms with E-state index in [1.54, 1.807) is 6.07 Å². The Labute approximate surface area is 174 Å². The Bertz CT molecular complexity index is 972. The van der Waals surface area contributed by atoms with Gasteiger partial charge in [-0.15, -0.1) is 11.3 Å². The lowest BCUT2D eigenvalue weighted by Crippen LogP contribution is -2.18. The van der Waals surface area contributed by atoms with Gasteiger partial charge in [0.2, 0.25) is 5.91 Å². The van der Waals surface area contributed by atoms with Gasteiger partial charge in [-0.3, -0.25) is 9.69 Å². The van der Waals surface area contributed by atoms with Crippen LogP contribution in [-0.2, 0) is 24.3 Å². The van der Waals surface area contributed by atoms with Gasteiger partial charge in [0.15, 0.2) is 11.6 Å². The third-order valence-corrected chi connectivity index (χ3v) is 5.24. The number of ether oxygens (including phenoxy) is 1. The van der Waals surface area contributed by atoms with E-state index in [0.29, 0.717) is 13.1 Å². The fourth-order valence-electron chi connectivity index (χ4n) is 2.93. The number of halogens is 1. The number of thiazole rings is 1. The van der Waals surface area contributed by atoms with E-state index < -0.39 is 0 Å². The van der Waals surface area contributed by atoms with Gasteiger partial charge < -0.3 is 10.1 Å². The van der Waals surface area contributed by atoms with Crippen molar-refractivity contribution in [3.05, 3.63) is 75.5 Å². The second-order valence-corrected chi connectivity index (χ2v) is 7.91. The van der Waals surface area contributed by atoms with Gasteiger partial charge in [0.25, 0.3) is 0 Å². The topological polar surface area (TPSA) is 54.5 Å². The number of aryl methyl sites for hydroxylation is 1. The summed E-state index contributed by atoms with van der Waals surface area (Å²) < 4.78 is 18.8. The van der Waals surface area contributed by atoms with Crippen LogP contribution in [0, 0.1) is 12.7 Å². The highest BCUT2D eigenvalue weighted by Crippen LogP contribution is 2.19. The molecular formula is C22H24FN3O2S. The molecule has 7 heteroatoms. The lowest BCUT2D eigenvalue weighted by atomic mass is 10.2. The Morgan fingerprint density at radius 3 is 2.66 bits per heavy atom. The quantitative estimate of drug-likeness (QED) is 0.594. The van der Waals surface area contributed by atoms with Crippen LogP contribution in [0.2, 0.25) is 0 Å². The van der Waals surface area contributed by atoms with E-state index >= 15 is 0 Å². The summed E-state index contributed by atoms with van der Waals surface area (Å²) in [6.07, 6.45) is 0.242. The summed E-state index contributed by atoms with van der Waals surface area (Å²) in [4.78, 5) is 18.8. The van der Waals surface area contributed by atoms with Crippen molar-refractivity contribution >= 4 is 22.9 Å². The largest absolute Gasteiger partial charge is 0.494 e. The molecule has 152 valence electrons. The third-order valence-electron chi connectivity index (χ3n) is 4.35. The fourth-order valence-corrected chi connectivity index (χ4v) is 3.72. The van der Waals surface area contributed by atoms with Crippen LogP contribution in [0.4, 0.5) is 10.1 Å². The number of rotatable bonds is 8. The summed E-state index contributed by atoms with van der Waals surface area (Å²) in [5.74, 6) is -0.213. The molecule has 5 nitrogen and oxygen atoms in total.